The van der Waals surface area contributed by atoms with E-state index in [1.54, 1.807) is 6.07 Å². The predicted molar refractivity (Wildman–Crippen MR) is 94.2 cm³/mol. The first kappa shape index (κ1) is 14.9. The van der Waals surface area contributed by atoms with Crippen molar-refractivity contribution in [2.45, 2.75) is 26.7 Å². The van der Waals surface area contributed by atoms with Crippen molar-refractivity contribution in [3.8, 4) is 0 Å². The summed E-state index contributed by atoms with van der Waals surface area (Å²) in [6, 6.07) is 13.7. The number of amides is 1. The van der Waals surface area contributed by atoms with Crippen molar-refractivity contribution in [1.29, 1.82) is 0 Å². The minimum Gasteiger partial charge on any atom is -0.307 e. The van der Waals surface area contributed by atoms with Gasteiger partial charge in [-0.1, -0.05) is 39.0 Å². The Bertz CT molecular complexity index is 922. The molecule has 0 fully saturated rings. The van der Waals surface area contributed by atoms with Crippen LogP contribution in [0.1, 0.15) is 42.6 Å². The van der Waals surface area contributed by atoms with Crippen LogP contribution in [0.25, 0.3) is 11.0 Å². The Morgan fingerprint density at radius 3 is 2.67 bits per heavy atom. The predicted octanol–water partition coefficient (Wildman–Crippen LogP) is 3.75. The van der Waals surface area contributed by atoms with Crippen LogP contribution in [0, 0.1) is 5.41 Å². The first-order chi connectivity index (χ1) is 11.4. The maximum absolute atomic E-state index is 13.1. The first-order valence-electron chi connectivity index (χ1n) is 8.16. The molecule has 1 N–H and O–H groups in total. The van der Waals surface area contributed by atoms with Crippen LogP contribution in [-0.4, -0.2) is 27.9 Å². The fraction of sp³-hybridized carbons (Fsp3) is 0.316. The van der Waals surface area contributed by atoms with Crippen LogP contribution in [-0.2, 0) is 0 Å². The number of H-pyrrole nitrogens is 1. The van der Waals surface area contributed by atoms with E-state index in [2.05, 4.69) is 42.2 Å². The lowest BCUT2D eigenvalue weighted by molar-refractivity contribution is 0.0986. The molecule has 3 aromatic rings. The van der Waals surface area contributed by atoms with E-state index in [1.165, 1.54) is 5.56 Å². The van der Waals surface area contributed by atoms with Crippen LogP contribution in [0.3, 0.4) is 0 Å². The highest BCUT2D eigenvalue weighted by molar-refractivity contribution is 6.08. The Hall–Kier alpha value is -2.69. The Labute approximate surface area is 140 Å². The smallest absolute Gasteiger partial charge is 0.258 e. The molecule has 122 valence electrons. The summed E-state index contributed by atoms with van der Waals surface area (Å²) >= 11 is 0. The summed E-state index contributed by atoms with van der Waals surface area (Å²) in [6.45, 7) is 7.39. The molecule has 1 aliphatic rings. The maximum Gasteiger partial charge on any atom is 0.258 e. The second kappa shape index (κ2) is 5.16. The van der Waals surface area contributed by atoms with Crippen molar-refractivity contribution < 1.29 is 4.79 Å². The number of hydrogen-bond donors (Lipinski definition) is 1. The highest BCUT2D eigenvalue weighted by Gasteiger charge is 2.38. The van der Waals surface area contributed by atoms with Crippen molar-refractivity contribution in [2.75, 3.05) is 11.4 Å². The molecule has 2 aromatic carbocycles. The van der Waals surface area contributed by atoms with Crippen molar-refractivity contribution in [2.24, 2.45) is 5.41 Å². The lowest BCUT2D eigenvalue weighted by Gasteiger charge is -2.27. The zero-order valence-electron chi connectivity index (χ0n) is 14.1. The quantitative estimate of drug-likeness (QED) is 0.743. The molecule has 5 heteroatoms. The van der Waals surface area contributed by atoms with Gasteiger partial charge in [0.05, 0.1) is 0 Å². The third kappa shape index (κ3) is 2.28. The number of anilines is 1. The summed E-state index contributed by atoms with van der Waals surface area (Å²) in [4.78, 5) is 15.0. The van der Waals surface area contributed by atoms with Gasteiger partial charge in [0.1, 0.15) is 11.0 Å². The molecular weight excluding hydrogens is 300 g/mol. The van der Waals surface area contributed by atoms with Gasteiger partial charge in [0.15, 0.2) is 0 Å². The van der Waals surface area contributed by atoms with Crippen LogP contribution in [0.5, 0.6) is 0 Å². The van der Waals surface area contributed by atoms with Gasteiger partial charge < -0.3 is 4.90 Å². The molecule has 0 radical (unpaired) electrons. The van der Waals surface area contributed by atoms with E-state index < -0.39 is 0 Å². The molecule has 1 atom stereocenters. The van der Waals surface area contributed by atoms with Crippen molar-refractivity contribution >= 4 is 22.6 Å². The summed E-state index contributed by atoms with van der Waals surface area (Å²) in [7, 11) is 0. The Morgan fingerprint density at radius 1 is 1.12 bits per heavy atom. The van der Waals surface area contributed by atoms with Crippen molar-refractivity contribution in [1.82, 2.24) is 15.4 Å². The molecule has 1 aromatic heterocycles. The molecule has 4 rings (SSSR count). The van der Waals surface area contributed by atoms with Crippen LogP contribution >= 0.6 is 0 Å². The number of para-hydroxylation sites is 1. The van der Waals surface area contributed by atoms with E-state index in [1.807, 2.05) is 35.2 Å². The summed E-state index contributed by atoms with van der Waals surface area (Å²) in [5.41, 5.74) is 4.48. The highest BCUT2D eigenvalue weighted by Crippen LogP contribution is 2.45. The van der Waals surface area contributed by atoms with Crippen LogP contribution in [0.4, 0.5) is 5.69 Å². The normalized spacial score (nSPS) is 17.3. The van der Waals surface area contributed by atoms with E-state index in [-0.39, 0.29) is 11.3 Å². The van der Waals surface area contributed by atoms with E-state index in [0.29, 0.717) is 23.5 Å². The SMILES string of the molecule is CC(C)(C)C1CN(C(=O)c2ccc3n[nH]nc3c2)c2ccccc21. The fourth-order valence-corrected chi connectivity index (χ4v) is 3.47. The van der Waals surface area contributed by atoms with Crippen LogP contribution in [0.2, 0.25) is 0 Å². The summed E-state index contributed by atoms with van der Waals surface area (Å²) in [6.07, 6.45) is 0. The van der Waals surface area contributed by atoms with E-state index in [0.717, 1.165) is 11.2 Å². The monoisotopic (exact) mass is 320 g/mol. The second-order valence-electron chi connectivity index (χ2n) is 7.42. The van der Waals surface area contributed by atoms with Gasteiger partial charge in [-0.25, -0.2) is 0 Å². The molecule has 5 nitrogen and oxygen atoms in total. The Balaban J connectivity index is 1.75. The molecular formula is C19H20N4O. The third-order valence-electron chi connectivity index (χ3n) is 4.82. The number of rotatable bonds is 1. The van der Waals surface area contributed by atoms with Gasteiger partial charge in [0.25, 0.3) is 5.91 Å². The molecule has 0 saturated carbocycles. The van der Waals surface area contributed by atoms with Gasteiger partial charge in [0, 0.05) is 23.7 Å². The van der Waals surface area contributed by atoms with Gasteiger partial charge in [0.2, 0.25) is 0 Å². The van der Waals surface area contributed by atoms with Gasteiger partial charge >= 0.3 is 0 Å². The van der Waals surface area contributed by atoms with Gasteiger partial charge in [-0.2, -0.15) is 15.4 Å². The lowest BCUT2D eigenvalue weighted by Crippen LogP contribution is -2.32. The molecule has 0 aliphatic carbocycles. The molecule has 0 bridgehead atoms. The fourth-order valence-electron chi connectivity index (χ4n) is 3.47. The van der Waals surface area contributed by atoms with Crippen molar-refractivity contribution in [3.63, 3.8) is 0 Å². The Kier molecular flexibility index (Phi) is 3.20. The molecule has 0 spiro atoms. The maximum atomic E-state index is 13.1. The number of aromatic nitrogens is 3. The molecule has 0 saturated heterocycles. The average Bonchev–Trinajstić information content (AvgIpc) is 3.17. The number of carbonyl (C=O) groups excluding carboxylic acids is 1. The van der Waals surface area contributed by atoms with Crippen LogP contribution < -0.4 is 4.90 Å². The molecule has 1 aliphatic heterocycles. The largest absolute Gasteiger partial charge is 0.307 e. The highest BCUT2D eigenvalue weighted by atomic mass is 16.2. The van der Waals surface area contributed by atoms with E-state index in [9.17, 15) is 4.79 Å². The number of aromatic amines is 1. The minimum atomic E-state index is 0.0131. The molecule has 2 heterocycles. The minimum absolute atomic E-state index is 0.0131. The molecule has 1 amide bonds. The molecule has 1 unspecified atom stereocenters. The van der Waals surface area contributed by atoms with Gasteiger partial charge in [-0.05, 0) is 35.2 Å². The number of fused-ring (bicyclic) bond motifs is 2. The number of hydrogen-bond acceptors (Lipinski definition) is 3. The third-order valence-corrected chi connectivity index (χ3v) is 4.82. The summed E-state index contributed by atoms with van der Waals surface area (Å²) in [5.74, 6) is 0.340. The summed E-state index contributed by atoms with van der Waals surface area (Å²) in [5, 5.41) is 10.7. The Morgan fingerprint density at radius 2 is 1.88 bits per heavy atom. The summed E-state index contributed by atoms with van der Waals surface area (Å²) < 4.78 is 0. The van der Waals surface area contributed by atoms with Crippen LogP contribution in [0.15, 0.2) is 42.5 Å². The number of carbonyl (C=O) groups is 1. The second-order valence-corrected chi connectivity index (χ2v) is 7.42. The number of nitrogens with one attached hydrogen (secondary N) is 1. The zero-order valence-corrected chi connectivity index (χ0v) is 14.1. The van der Waals surface area contributed by atoms with E-state index in [4.69, 9.17) is 0 Å². The van der Waals surface area contributed by atoms with E-state index >= 15 is 0 Å². The first-order valence-corrected chi connectivity index (χ1v) is 8.16. The molecule has 24 heavy (non-hydrogen) atoms. The van der Waals surface area contributed by atoms with Crippen molar-refractivity contribution in [3.05, 3.63) is 53.6 Å². The standard InChI is InChI=1S/C19H20N4O/c1-19(2,3)14-11-23(17-7-5-4-6-13(14)17)18(24)12-8-9-15-16(10-12)21-22-20-15/h4-10,14H,11H2,1-3H3,(H,20,21,22). The lowest BCUT2D eigenvalue weighted by atomic mass is 9.78. The average molecular weight is 320 g/mol. The zero-order chi connectivity index (χ0) is 16.9. The number of benzene rings is 2. The van der Waals surface area contributed by atoms with Gasteiger partial charge in [-0.3, -0.25) is 4.79 Å². The topological polar surface area (TPSA) is 61.9 Å². The number of nitrogens with zero attached hydrogens (tertiary/aromatic N) is 3. The van der Waals surface area contributed by atoms with Gasteiger partial charge in [-0.15, -0.1) is 0 Å².